The number of sulfonamides is 1. The minimum Gasteiger partial charge on any atom is -0.280 e. The van der Waals surface area contributed by atoms with E-state index < -0.39 is 10.0 Å². The van der Waals surface area contributed by atoms with E-state index in [1.165, 1.54) is 12.1 Å². The van der Waals surface area contributed by atoms with Crippen molar-refractivity contribution in [2.75, 3.05) is 10.1 Å². The molecule has 0 unspecified atom stereocenters. The van der Waals surface area contributed by atoms with Crippen LogP contribution in [0.3, 0.4) is 0 Å². The Morgan fingerprint density at radius 2 is 1.60 bits per heavy atom. The molecule has 0 heterocycles. The van der Waals surface area contributed by atoms with E-state index in [0.29, 0.717) is 10.7 Å². The predicted molar refractivity (Wildman–Crippen MR) is 86.2 cm³/mol. The molecule has 0 radical (unpaired) electrons. The minimum absolute atomic E-state index is 0.187. The molecule has 6 heteroatoms. The molecule has 0 aliphatic heterocycles. The molecule has 20 heavy (non-hydrogen) atoms. The first-order chi connectivity index (χ1) is 9.51. The van der Waals surface area contributed by atoms with Gasteiger partial charge in [-0.1, -0.05) is 39.7 Å². The van der Waals surface area contributed by atoms with Crippen molar-refractivity contribution >= 4 is 43.2 Å². The van der Waals surface area contributed by atoms with E-state index in [-0.39, 0.29) is 4.90 Å². The van der Waals surface area contributed by atoms with Crippen molar-refractivity contribution in [2.45, 2.75) is 11.3 Å². The van der Waals surface area contributed by atoms with Crippen LogP contribution in [0, 0.1) is 0 Å². The normalized spacial score (nSPS) is 11.3. The van der Waals surface area contributed by atoms with Crippen LogP contribution in [-0.2, 0) is 16.4 Å². The third-order valence-corrected chi connectivity index (χ3v) is 4.76. The molecule has 0 saturated heterocycles. The van der Waals surface area contributed by atoms with Gasteiger partial charge in [-0.15, -0.1) is 0 Å². The maximum Gasteiger partial charge on any atom is 0.261 e. The Bertz CT molecular complexity index is 669. The highest BCUT2D eigenvalue weighted by atomic mass is 79.9. The summed E-state index contributed by atoms with van der Waals surface area (Å²) in [6.07, 6.45) is 0.907. The summed E-state index contributed by atoms with van der Waals surface area (Å²) < 4.78 is 26.9. The van der Waals surface area contributed by atoms with Gasteiger partial charge in [0.1, 0.15) is 0 Å². The third-order valence-electron chi connectivity index (χ3n) is 2.71. The molecule has 0 spiro atoms. The summed E-state index contributed by atoms with van der Waals surface area (Å²) in [5.74, 6) is 0. The van der Waals surface area contributed by atoms with Gasteiger partial charge in [-0.2, -0.15) is 0 Å². The van der Waals surface area contributed by atoms with Gasteiger partial charge in [-0.3, -0.25) is 4.72 Å². The van der Waals surface area contributed by atoms with Crippen molar-refractivity contribution in [2.24, 2.45) is 0 Å². The zero-order valence-corrected chi connectivity index (χ0v) is 13.7. The van der Waals surface area contributed by atoms with Crippen LogP contribution in [0.5, 0.6) is 0 Å². The molecule has 0 fully saturated rings. The second-order valence-electron chi connectivity index (χ2n) is 4.20. The zero-order chi connectivity index (χ0) is 14.6. The number of hydrogen-bond donors (Lipinski definition) is 1. The first kappa shape index (κ1) is 15.4. The van der Waals surface area contributed by atoms with Gasteiger partial charge >= 0.3 is 0 Å². The molecule has 1 N–H and O–H groups in total. The fraction of sp³-hybridized carbons (Fsp3) is 0.143. The maximum absolute atomic E-state index is 12.2. The summed E-state index contributed by atoms with van der Waals surface area (Å²) in [4.78, 5) is 0.187. The summed E-state index contributed by atoms with van der Waals surface area (Å²) in [6, 6.07) is 13.4. The zero-order valence-electron chi connectivity index (χ0n) is 10.5. The van der Waals surface area contributed by atoms with Gasteiger partial charge < -0.3 is 0 Å². The molecule has 0 saturated carbocycles. The number of nitrogens with one attached hydrogen (secondary N) is 1. The summed E-state index contributed by atoms with van der Waals surface area (Å²) in [5, 5.41) is 1.38. The van der Waals surface area contributed by atoms with Crippen LogP contribution in [0.4, 0.5) is 5.69 Å². The molecule has 2 rings (SSSR count). The van der Waals surface area contributed by atoms with Gasteiger partial charge in [0.25, 0.3) is 10.0 Å². The van der Waals surface area contributed by atoms with E-state index in [2.05, 4.69) is 20.7 Å². The van der Waals surface area contributed by atoms with Crippen LogP contribution in [-0.4, -0.2) is 13.7 Å². The van der Waals surface area contributed by atoms with Gasteiger partial charge in [0.2, 0.25) is 0 Å². The van der Waals surface area contributed by atoms with Crippen LogP contribution in [0.25, 0.3) is 0 Å². The molecule has 0 aliphatic carbocycles. The van der Waals surface area contributed by atoms with E-state index in [1.54, 1.807) is 24.3 Å². The lowest BCUT2D eigenvalue weighted by Gasteiger charge is -2.08. The number of anilines is 1. The number of benzene rings is 2. The number of aryl methyl sites for hydroxylation is 1. The van der Waals surface area contributed by atoms with Crippen LogP contribution in [0.2, 0.25) is 5.02 Å². The molecule has 0 bridgehead atoms. The Morgan fingerprint density at radius 3 is 2.15 bits per heavy atom. The highest BCUT2D eigenvalue weighted by Crippen LogP contribution is 2.18. The Hall–Kier alpha value is -1.04. The standard InChI is InChI=1S/C14H13BrClNO2S/c15-10-9-11-1-5-13(6-2-11)17-20(18,19)14-7-3-12(16)4-8-14/h1-8,17H,9-10H2. The summed E-state index contributed by atoms with van der Waals surface area (Å²) in [5.41, 5.74) is 1.69. The van der Waals surface area contributed by atoms with E-state index in [1.807, 2.05) is 12.1 Å². The second kappa shape index (κ2) is 6.61. The first-order valence-electron chi connectivity index (χ1n) is 5.94. The van der Waals surface area contributed by atoms with E-state index in [0.717, 1.165) is 17.3 Å². The molecular formula is C14H13BrClNO2S. The molecule has 106 valence electrons. The SMILES string of the molecule is O=S(=O)(Nc1ccc(CCBr)cc1)c1ccc(Cl)cc1. The lowest BCUT2D eigenvalue weighted by molar-refractivity contribution is 0.601. The van der Waals surface area contributed by atoms with E-state index in [9.17, 15) is 8.42 Å². The average molecular weight is 375 g/mol. The van der Waals surface area contributed by atoms with Crippen LogP contribution >= 0.6 is 27.5 Å². The minimum atomic E-state index is -3.57. The molecular weight excluding hydrogens is 362 g/mol. The lowest BCUT2D eigenvalue weighted by atomic mass is 10.2. The van der Waals surface area contributed by atoms with Crippen LogP contribution in [0.1, 0.15) is 5.56 Å². The topological polar surface area (TPSA) is 46.2 Å². The highest BCUT2D eigenvalue weighted by Gasteiger charge is 2.13. The van der Waals surface area contributed by atoms with Crippen molar-refractivity contribution in [1.82, 2.24) is 0 Å². The molecule has 2 aromatic rings. The monoisotopic (exact) mass is 373 g/mol. The maximum atomic E-state index is 12.2. The predicted octanol–water partition coefficient (Wildman–Crippen LogP) is 4.08. The Labute approximate surface area is 132 Å². The average Bonchev–Trinajstić information content (AvgIpc) is 2.41. The number of rotatable bonds is 5. The van der Waals surface area contributed by atoms with Crippen molar-refractivity contribution in [3.8, 4) is 0 Å². The first-order valence-corrected chi connectivity index (χ1v) is 8.93. The largest absolute Gasteiger partial charge is 0.280 e. The lowest BCUT2D eigenvalue weighted by Crippen LogP contribution is -2.12. The number of hydrogen-bond acceptors (Lipinski definition) is 2. The van der Waals surface area contributed by atoms with Crippen molar-refractivity contribution < 1.29 is 8.42 Å². The summed E-state index contributed by atoms with van der Waals surface area (Å²) in [7, 11) is -3.57. The Morgan fingerprint density at radius 1 is 1.00 bits per heavy atom. The summed E-state index contributed by atoms with van der Waals surface area (Å²) in [6.45, 7) is 0. The Kier molecular flexibility index (Phi) is 5.07. The molecule has 0 aliphatic rings. The third kappa shape index (κ3) is 3.98. The molecule has 3 nitrogen and oxygen atoms in total. The second-order valence-corrected chi connectivity index (χ2v) is 7.11. The highest BCUT2D eigenvalue weighted by molar-refractivity contribution is 9.09. The molecule has 2 aromatic carbocycles. The van der Waals surface area contributed by atoms with Gasteiger partial charge in [-0.25, -0.2) is 8.42 Å². The van der Waals surface area contributed by atoms with Crippen LogP contribution < -0.4 is 4.72 Å². The fourth-order valence-corrected chi connectivity index (χ4v) is 3.32. The number of alkyl halides is 1. The number of halogens is 2. The van der Waals surface area contributed by atoms with Gasteiger partial charge in [0.05, 0.1) is 4.90 Å². The molecule has 0 amide bonds. The van der Waals surface area contributed by atoms with Gasteiger partial charge in [0, 0.05) is 16.0 Å². The van der Waals surface area contributed by atoms with Crippen molar-refractivity contribution in [3.63, 3.8) is 0 Å². The van der Waals surface area contributed by atoms with Gasteiger partial charge in [-0.05, 0) is 48.4 Å². The molecule has 0 aromatic heterocycles. The van der Waals surface area contributed by atoms with Crippen LogP contribution in [0.15, 0.2) is 53.4 Å². The summed E-state index contributed by atoms with van der Waals surface area (Å²) >= 11 is 9.12. The van der Waals surface area contributed by atoms with Gasteiger partial charge in [0.15, 0.2) is 0 Å². The molecule has 0 atom stereocenters. The van der Waals surface area contributed by atoms with E-state index >= 15 is 0 Å². The van der Waals surface area contributed by atoms with Crippen molar-refractivity contribution in [1.29, 1.82) is 0 Å². The Balaban J connectivity index is 2.17. The van der Waals surface area contributed by atoms with Crippen molar-refractivity contribution in [3.05, 3.63) is 59.1 Å². The fourth-order valence-electron chi connectivity index (χ4n) is 1.68. The quantitative estimate of drug-likeness (QED) is 0.802. The smallest absolute Gasteiger partial charge is 0.261 e. The van der Waals surface area contributed by atoms with E-state index in [4.69, 9.17) is 11.6 Å².